The third-order valence-corrected chi connectivity index (χ3v) is 3.47. The van der Waals surface area contributed by atoms with Crippen LogP contribution >= 0.6 is 0 Å². The zero-order chi connectivity index (χ0) is 14.1. The Hall–Kier alpha value is -1.13. The van der Waals surface area contributed by atoms with Crippen LogP contribution in [0, 0.1) is 0 Å². The smallest absolute Gasteiger partial charge is 0.323 e. The molecule has 0 bridgehead atoms. The van der Waals surface area contributed by atoms with Gasteiger partial charge in [-0.05, 0) is 26.4 Å². The summed E-state index contributed by atoms with van der Waals surface area (Å²) in [4.78, 5) is 16.2. The predicted octanol–water partition coefficient (Wildman–Crippen LogP) is 1.69. The van der Waals surface area contributed by atoms with Crippen molar-refractivity contribution in [1.82, 2.24) is 9.80 Å². The fourth-order valence-corrected chi connectivity index (χ4v) is 2.37. The van der Waals surface area contributed by atoms with Crippen LogP contribution in [0.15, 0.2) is 25.3 Å². The van der Waals surface area contributed by atoms with Crippen LogP contribution in [0.3, 0.4) is 0 Å². The van der Waals surface area contributed by atoms with Gasteiger partial charge in [-0.2, -0.15) is 0 Å². The number of likely N-dealkylation sites (N-methyl/N-ethyl adjacent to an activating group) is 1. The Labute approximate surface area is 116 Å². The lowest BCUT2D eigenvalue weighted by Crippen LogP contribution is -2.43. The van der Waals surface area contributed by atoms with Gasteiger partial charge >= 0.3 is 5.97 Å². The van der Waals surface area contributed by atoms with Crippen LogP contribution in [0.25, 0.3) is 0 Å². The summed E-state index contributed by atoms with van der Waals surface area (Å²) in [7, 11) is 1.99. The number of nitrogens with zero attached hydrogens (tertiary/aromatic N) is 2. The Morgan fingerprint density at radius 3 is 2.63 bits per heavy atom. The van der Waals surface area contributed by atoms with Crippen molar-refractivity contribution in [2.24, 2.45) is 0 Å². The summed E-state index contributed by atoms with van der Waals surface area (Å²) >= 11 is 0. The maximum atomic E-state index is 12.0. The van der Waals surface area contributed by atoms with Gasteiger partial charge in [0.2, 0.25) is 0 Å². The molecule has 0 aromatic heterocycles. The van der Waals surface area contributed by atoms with E-state index in [0.29, 0.717) is 6.61 Å². The highest BCUT2D eigenvalue weighted by Gasteiger charge is 2.26. The highest BCUT2D eigenvalue weighted by atomic mass is 16.5. The Morgan fingerprint density at radius 2 is 2.05 bits per heavy atom. The van der Waals surface area contributed by atoms with Crippen LogP contribution in [0.5, 0.6) is 0 Å². The lowest BCUT2D eigenvalue weighted by Gasteiger charge is -2.30. The fraction of sp³-hybridized carbons (Fsp3) is 0.667. The normalized spacial score (nSPS) is 20.2. The summed E-state index contributed by atoms with van der Waals surface area (Å²) in [6, 6.07) is -0.0546. The van der Waals surface area contributed by atoms with E-state index in [1.807, 2.05) is 19.2 Å². The van der Waals surface area contributed by atoms with Crippen LogP contribution in [-0.4, -0.2) is 61.6 Å². The Balaban J connectivity index is 2.28. The highest BCUT2D eigenvalue weighted by molar-refractivity contribution is 5.75. The topological polar surface area (TPSA) is 32.8 Å². The van der Waals surface area contributed by atoms with Crippen molar-refractivity contribution in [2.45, 2.75) is 25.3 Å². The van der Waals surface area contributed by atoms with Gasteiger partial charge < -0.3 is 4.74 Å². The first-order valence-corrected chi connectivity index (χ1v) is 7.00. The molecule has 0 spiro atoms. The van der Waals surface area contributed by atoms with Gasteiger partial charge in [0, 0.05) is 19.6 Å². The van der Waals surface area contributed by atoms with Gasteiger partial charge in [0.15, 0.2) is 0 Å². The van der Waals surface area contributed by atoms with Gasteiger partial charge in [0.05, 0.1) is 0 Å². The van der Waals surface area contributed by atoms with Crippen molar-refractivity contribution in [3.63, 3.8) is 0 Å². The SMILES string of the molecule is C=CCN(CC=C)CCOC(=O)C1CCCCN1C. The van der Waals surface area contributed by atoms with E-state index < -0.39 is 0 Å². The van der Waals surface area contributed by atoms with E-state index >= 15 is 0 Å². The monoisotopic (exact) mass is 266 g/mol. The summed E-state index contributed by atoms with van der Waals surface area (Å²) in [5.74, 6) is -0.0839. The molecule has 1 fully saturated rings. The molecule has 0 aromatic carbocycles. The number of piperidine rings is 1. The first-order valence-electron chi connectivity index (χ1n) is 7.00. The lowest BCUT2D eigenvalue weighted by molar-refractivity contribution is -0.151. The van der Waals surface area contributed by atoms with Crippen molar-refractivity contribution in [2.75, 3.05) is 39.8 Å². The summed E-state index contributed by atoms with van der Waals surface area (Å²) in [6.45, 7) is 11.1. The molecular weight excluding hydrogens is 240 g/mol. The Morgan fingerprint density at radius 1 is 1.37 bits per heavy atom. The van der Waals surface area contributed by atoms with E-state index in [2.05, 4.69) is 23.0 Å². The molecule has 19 heavy (non-hydrogen) atoms. The second-order valence-corrected chi connectivity index (χ2v) is 5.00. The number of carbonyl (C=O) groups excluding carboxylic acids is 1. The molecule has 1 unspecified atom stereocenters. The Bertz CT molecular complexity index is 295. The van der Waals surface area contributed by atoms with Gasteiger partial charge in [-0.15, -0.1) is 13.2 Å². The van der Waals surface area contributed by atoms with Gasteiger partial charge in [0.25, 0.3) is 0 Å². The van der Waals surface area contributed by atoms with Crippen molar-refractivity contribution >= 4 is 5.97 Å². The van der Waals surface area contributed by atoms with E-state index in [0.717, 1.165) is 39.0 Å². The fourth-order valence-electron chi connectivity index (χ4n) is 2.37. The third-order valence-electron chi connectivity index (χ3n) is 3.47. The molecule has 1 aliphatic rings. The van der Waals surface area contributed by atoms with Gasteiger partial charge in [-0.25, -0.2) is 0 Å². The van der Waals surface area contributed by atoms with E-state index in [1.165, 1.54) is 6.42 Å². The molecule has 1 atom stereocenters. The molecule has 4 nitrogen and oxygen atoms in total. The molecule has 0 amide bonds. The molecule has 0 radical (unpaired) electrons. The zero-order valence-electron chi connectivity index (χ0n) is 12.0. The Kier molecular flexibility index (Phi) is 7.45. The first kappa shape index (κ1) is 15.9. The maximum absolute atomic E-state index is 12.0. The second kappa shape index (κ2) is 8.88. The standard InChI is InChI=1S/C15H26N2O2/c1-4-9-17(10-5-2)12-13-19-15(18)14-8-6-7-11-16(14)3/h4-5,14H,1-2,6-13H2,3H3. The molecular formula is C15H26N2O2. The zero-order valence-corrected chi connectivity index (χ0v) is 12.0. The van der Waals surface area contributed by atoms with E-state index in [-0.39, 0.29) is 12.0 Å². The third kappa shape index (κ3) is 5.57. The molecule has 0 N–H and O–H groups in total. The molecule has 0 saturated carbocycles. The summed E-state index contributed by atoms with van der Waals surface area (Å²) in [5.41, 5.74) is 0. The van der Waals surface area contributed by atoms with Crippen LogP contribution in [-0.2, 0) is 9.53 Å². The number of esters is 1. The number of rotatable bonds is 8. The van der Waals surface area contributed by atoms with E-state index in [1.54, 1.807) is 0 Å². The lowest BCUT2D eigenvalue weighted by atomic mass is 10.0. The minimum Gasteiger partial charge on any atom is -0.463 e. The molecule has 108 valence electrons. The minimum atomic E-state index is -0.0839. The molecule has 1 heterocycles. The number of hydrogen-bond donors (Lipinski definition) is 0. The molecule has 4 heteroatoms. The van der Waals surface area contributed by atoms with Crippen LogP contribution in [0.4, 0.5) is 0 Å². The summed E-state index contributed by atoms with van der Waals surface area (Å²) < 4.78 is 5.38. The largest absolute Gasteiger partial charge is 0.463 e. The van der Waals surface area contributed by atoms with Crippen molar-refractivity contribution < 1.29 is 9.53 Å². The van der Waals surface area contributed by atoms with Crippen LogP contribution in [0.2, 0.25) is 0 Å². The average molecular weight is 266 g/mol. The number of likely N-dealkylation sites (tertiary alicyclic amines) is 1. The van der Waals surface area contributed by atoms with E-state index in [9.17, 15) is 4.79 Å². The summed E-state index contributed by atoms with van der Waals surface area (Å²) in [6.07, 6.45) is 6.90. The number of carbonyl (C=O) groups is 1. The quantitative estimate of drug-likeness (QED) is 0.494. The second-order valence-electron chi connectivity index (χ2n) is 5.00. The maximum Gasteiger partial charge on any atom is 0.323 e. The van der Waals surface area contributed by atoms with Crippen molar-refractivity contribution in [3.8, 4) is 0 Å². The van der Waals surface area contributed by atoms with Gasteiger partial charge in [0.1, 0.15) is 12.6 Å². The molecule has 1 aliphatic heterocycles. The minimum absolute atomic E-state index is 0.0546. The summed E-state index contributed by atoms with van der Waals surface area (Å²) in [5, 5.41) is 0. The molecule has 1 saturated heterocycles. The van der Waals surface area contributed by atoms with E-state index in [4.69, 9.17) is 4.74 Å². The number of ether oxygens (including phenoxy) is 1. The van der Waals surface area contributed by atoms with Gasteiger partial charge in [-0.3, -0.25) is 14.6 Å². The molecule has 1 rings (SSSR count). The van der Waals surface area contributed by atoms with Crippen molar-refractivity contribution in [1.29, 1.82) is 0 Å². The van der Waals surface area contributed by atoms with Crippen molar-refractivity contribution in [3.05, 3.63) is 25.3 Å². The number of hydrogen-bond acceptors (Lipinski definition) is 4. The average Bonchev–Trinajstić information content (AvgIpc) is 2.39. The van der Waals surface area contributed by atoms with Crippen LogP contribution < -0.4 is 0 Å². The predicted molar refractivity (Wildman–Crippen MR) is 78.1 cm³/mol. The van der Waals surface area contributed by atoms with Crippen LogP contribution in [0.1, 0.15) is 19.3 Å². The van der Waals surface area contributed by atoms with Gasteiger partial charge in [-0.1, -0.05) is 18.6 Å². The first-order chi connectivity index (χ1) is 9.19. The molecule has 0 aromatic rings. The molecule has 0 aliphatic carbocycles. The highest BCUT2D eigenvalue weighted by Crippen LogP contribution is 2.15.